The Morgan fingerprint density at radius 1 is 0.710 bits per heavy atom. The van der Waals surface area contributed by atoms with E-state index in [2.05, 4.69) is 31.9 Å². The number of fused-ring (bicyclic) bond motifs is 3. The third-order valence-corrected chi connectivity index (χ3v) is 14.4. The zero-order chi connectivity index (χ0) is 22.2. The van der Waals surface area contributed by atoms with Crippen LogP contribution >= 0.6 is 31.9 Å². The monoisotopic (exact) mass is 752 g/mol. The van der Waals surface area contributed by atoms with Crippen LogP contribution in [0.1, 0.15) is 10.4 Å². The van der Waals surface area contributed by atoms with Crippen LogP contribution in [0.25, 0.3) is 11.1 Å². The number of carboxylic acids is 1. The van der Waals surface area contributed by atoms with E-state index >= 15 is 0 Å². The first-order valence-corrected chi connectivity index (χ1v) is 15.6. The van der Waals surface area contributed by atoms with Gasteiger partial charge in [-0.15, -0.1) is 0 Å². The molecule has 0 unspecified atom stereocenters. The van der Waals surface area contributed by atoms with E-state index in [9.17, 15) is 18.3 Å². The van der Waals surface area contributed by atoms with E-state index in [-0.39, 0.29) is 5.56 Å². The summed E-state index contributed by atoms with van der Waals surface area (Å²) in [4.78, 5) is 12.0. The Hall–Kier alpha value is -1.60. The summed E-state index contributed by atoms with van der Waals surface area (Å²) in [5, 5.41) is 10.9. The molecular formula is C23H13BiBr2O4S. The Morgan fingerprint density at radius 3 is 1.58 bits per heavy atom. The molecule has 0 spiro atoms. The second-order valence-electron chi connectivity index (χ2n) is 6.58. The molecule has 4 nitrogen and oxygen atoms in total. The van der Waals surface area contributed by atoms with Gasteiger partial charge >= 0.3 is 106 Å². The number of carbonyl (C=O) groups is 1. The first kappa shape index (κ1) is 22.6. The normalized spacial score (nSPS) is 13.5. The molecule has 2 aromatic rings. The van der Waals surface area contributed by atoms with E-state index in [4.69, 9.17) is 0 Å². The SMILES string of the molecule is O=C([O-])c1c(Br)c2cccccc-2c1Br.O=S1(=O)c2cccc[c]2[Bi+][c]2ccccc21. The Bertz CT molecular complexity index is 1300. The topological polar surface area (TPSA) is 74.3 Å². The van der Waals surface area contributed by atoms with E-state index in [1.54, 1.807) is 24.3 Å². The molecule has 0 atom stereocenters. The second-order valence-corrected chi connectivity index (χ2v) is 14.7. The van der Waals surface area contributed by atoms with Crippen molar-refractivity contribution in [3.8, 4) is 11.1 Å². The Morgan fingerprint density at radius 2 is 1.13 bits per heavy atom. The van der Waals surface area contributed by atoms with Crippen molar-refractivity contribution in [2.45, 2.75) is 9.79 Å². The fraction of sp³-hybridized carbons (Fsp3) is 0. The van der Waals surface area contributed by atoms with Gasteiger partial charge in [-0.25, -0.2) is 0 Å². The van der Waals surface area contributed by atoms with Crippen molar-refractivity contribution in [1.82, 2.24) is 0 Å². The van der Waals surface area contributed by atoms with Gasteiger partial charge in [-0.1, -0.05) is 30.3 Å². The third kappa shape index (κ3) is 4.23. The summed E-state index contributed by atoms with van der Waals surface area (Å²) in [5.41, 5.74) is 1.87. The molecule has 0 saturated heterocycles. The summed E-state index contributed by atoms with van der Waals surface area (Å²) >= 11 is 5.50. The molecule has 5 rings (SSSR count). The Labute approximate surface area is 208 Å². The number of benzene rings is 2. The van der Waals surface area contributed by atoms with Crippen LogP contribution in [0, 0.1) is 0 Å². The average molecular weight is 754 g/mol. The molecule has 0 saturated carbocycles. The molecular weight excluding hydrogens is 741 g/mol. The predicted octanol–water partition coefficient (Wildman–Crippen LogP) is 3.17. The first-order valence-electron chi connectivity index (χ1n) is 9.04. The van der Waals surface area contributed by atoms with E-state index in [0.29, 0.717) is 18.7 Å². The van der Waals surface area contributed by atoms with Gasteiger partial charge in [0.1, 0.15) is 0 Å². The first-order chi connectivity index (χ1) is 14.8. The third-order valence-electron chi connectivity index (χ3n) is 4.70. The van der Waals surface area contributed by atoms with Gasteiger partial charge in [0.15, 0.2) is 0 Å². The van der Waals surface area contributed by atoms with Crippen LogP contribution in [-0.2, 0) is 9.84 Å². The number of rotatable bonds is 1. The molecule has 154 valence electrons. The van der Waals surface area contributed by atoms with E-state index < -0.39 is 39.0 Å². The molecule has 1 heterocycles. The van der Waals surface area contributed by atoms with Crippen LogP contribution in [0.3, 0.4) is 0 Å². The minimum absolute atomic E-state index is 0.163. The van der Waals surface area contributed by atoms with Gasteiger partial charge in [0.2, 0.25) is 0 Å². The van der Waals surface area contributed by atoms with Crippen molar-refractivity contribution < 1.29 is 18.3 Å². The fourth-order valence-electron chi connectivity index (χ4n) is 3.28. The zero-order valence-corrected chi connectivity index (χ0v) is 23.2. The molecule has 31 heavy (non-hydrogen) atoms. The second kappa shape index (κ2) is 9.10. The molecule has 0 bridgehead atoms. The minimum atomic E-state index is -3.26. The quantitative estimate of drug-likeness (QED) is 0.247. The number of halogens is 2. The Balaban J connectivity index is 0.000000150. The average Bonchev–Trinajstić information content (AvgIpc) is 2.90. The predicted molar refractivity (Wildman–Crippen MR) is 126 cm³/mol. The number of hydrogen-bond donors (Lipinski definition) is 0. The van der Waals surface area contributed by atoms with Gasteiger partial charge in [-0.3, -0.25) is 0 Å². The van der Waals surface area contributed by atoms with Crippen LogP contribution in [-0.4, -0.2) is 37.6 Å². The Kier molecular flexibility index (Phi) is 6.63. The maximum atomic E-state index is 12.3. The number of carboxylic acid groups (broad SMARTS) is 1. The maximum absolute atomic E-state index is 12.3. The molecule has 3 aliphatic rings. The summed E-state index contributed by atoms with van der Waals surface area (Å²) in [6, 6.07) is 24.1. The summed E-state index contributed by atoms with van der Waals surface area (Å²) in [7, 11) is -3.26. The van der Waals surface area contributed by atoms with Crippen molar-refractivity contribution >= 4 is 77.4 Å². The fourth-order valence-corrected chi connectivity index (χ4v) is 13.7. The van der Waals surface area contributed by atoms with E-state index in [0.717, 1.165) is 17.7 Å². The van der Waals surface area contributed by atoms with E-state index in [1.807, 2.05) is 54.6 Å². The van der Waals surface area contributed by atoms with Crippen LogP contribution in [0.5, 0.6) is 0 Å². The van der Waals surface area contributed by atoms with Crippen molar-refractivity contribution in [3.63, 3.8) is 0 Å². The molecule has 2 aromatic carbocycles. The van der Waals surface area contributed by atoms with Gasteiger partial charge < -0.3 is 9.90 Å². The zero-order valence-electron chi connectivity index (χ0n) is 15.7. The summed E-state index contributed by atoms with van der Waals surface area (Å²) in [6.45, 7) is 0. The molecule has 0 fully saturated rings. The summed E-state index contributed by atoms with van der Waals surface area (Å²) in [6.07, 6.45) is 0. The van der Waals surface area contributed by atoms with Crippen LogP contribution in [0.15, 0.2) is 97.6 Å². The van der Waals surface area contributed by atoms with Crippen LogP contribution in [0.4, 0.5) is 0 Å². The van der Waals surface area contributed by atoms with Crippen molar-refractivity contribution in [3.05, 3.63) is 93.4 Å². The van der Waals surface area contributed by atoms with Gasteiger partial charge in [-0.2, -0.15) is 0 Å². The number of aromatic carboxylic acids is 1. The molecule has 0 amide bonds. The number of sulfone groups is 1. The molecule has 2 aliphatic carbocycles. The summed E-state index contributed by atoms with van der Waals surface area (Å²) < 4.78 is 27.9. The van der Waals surface area contributed by atoms with E-state index in [1.165, 1.54) is 0 Å². The molecule has 2 radical (unpaired) electrons. The van der Waals surface area contributed by atoms with Gasteiger partial charge in [-0.05, 0) is 43.0 Å². The van der Waals surface area contributed by atoms with Crippen molar-refractivity contribution in [2.75, 3.05) is 0 Å². The van der Waals surface area contributed by atoms with Crippen LogP contribution < -0.4 is 11.6 Å². The molecule has 8 heteroatoms. The van der Waals surface area contributed by atoms with Crippen molar-refractivity contribution in [1.29, 1.82) is 0 Å². The van der Waals surface area contributed by atoms with Gasteiger partial charge in [0.25, 0.3) is 0 Å². The summed E-state index contributed by atoms with van der Waals surface area (Å²) in [5.74, 6) is -1.19. The standard InChI is InChI=1S/C12H8O2S.C11H6Br2O2.Bi/c13-15(14,11-7-3-1-4-8-11)12-9-5-2-6-10-12;12-9-6-4-2-1-3-5-7(6)10(13)8(9)11(14)15;/h1-7,9H;1-5H,(H,14,15);/q;;+1/p-1. The van der Waals surface area contributed by atoms with Crippen LogP contribution in [0.2, 0.25) is 0 Å². The molecule has 0 aromatic heterocycles. The molecule has 0 N–H and O–H groups in total. The number of carbonyl (C=O) groups excluding carboxylic acids is 1. The molecule has 1 aliphatic heterocycles. The van der Waals surface area contributed by atoms with Gasteiger partial charge in [0, 0.05) is 14.5 Å². The van der Waals surface area contributed by atoms with Gasteiger partial charge in [0.05, 0.1) is 5.97 Å². The number of hydrogen-bond acceptors (Lipinski definition) is 4. The van der Waals surface area contributed by atoms with Crippen molar-refractivity contribution in [2.24, 2.45) is 0 Å².